The van der Waals surface area contributed by atoms with Gasteiger partial charge in [-0.25, -0.2) is 0 Å². The summed E-state index contributed by atoms with van der Waals surface area (Å²) >= 11 is 1.13. The van der Waals surface area contributed by atoms with Crippen LogP contribution in [0, 0.1) is 10.7 Å². The van der Waals surface area contributed by atoms with Gasteiger partial charge in [-0.2, -0.15) is 5.26 Å². The topological polar surface area (TPSA) is 59.0 Å². The molecule has 0 aliphatic heterocycles. The predicted molar refractivity (Wildman–Crippen MR) is 99.7 cm³/mol. The summed E-state index contributed by atoms with van der Waals surface area (Å²) in [4.78, 5) is 0.875. The lowest BCUT2D eigenvalue weighted by molar-refractivity contribution is 0.305. The molecule has 4 heteroatoms. The van der Waals surface area contributed by atoms with Crippen molar-refractivity contribution in [3.8, 4) is 11.2 Å². The Kier molecular flexibility index (Phi) is 11.3. The maximum Gasteiger partial charge on any atom is 0.143 e. The SMILES string of the molecule is CCCCCCCCCCCCOc1cc(SC#N)ccc1N. The fourth-order valence-electron chi connectivity index (χ4n) is 2.53. The van der Waals surface area contributed by atoms with E-state index in [0.717, 1.165) is 23.1 Å². The molecule has 0 unspecified atom stereocenters. The number of benzene rings is 1. The van der Waals surface area contributed by atoms with Crippen molar-refractivity contribution in [3.63, 3.8) is 0 Å². The summed E-state index contributed by atoms with van der Waals surface area (Å²) in [5, 5.41) is 10.8. The van der Waals surface area contributed by atoms with Gasteiger partial charge in [-0.05, 0) is 36.4 Å². The van der Waals surface area contributed by atoms with Crippen LogP contribution in [-0.4, -0.2) is 6.61 Å². The Morgan fingerprint density at radius 2 is 1.61 bits per heavy atom. The number of unbranched alkanes of at least 4 members (excludes halogenated alkanes) is 9. The van der Waals surface area contributed by atoms with Crippen LogP contribution in [0.5, 0.6) is 5.75 Å². The molecular weight excluding hydrogens is 304 g/mol. The van der Waals surface area contributed by atoms with Crippen LogP contribution in [-0.2, 0) is 0 Å². The zero-order valence-corrected chi connectivity index (χ0v) is 15.2. The van der Waals surface area contributed by atoms with Crippen molar-refractivity contribution in [3.05, 3.63) is 18.2 Å². The van der Waals surface area contributed by atoms with Crippen LogP contribution in [0.3, 0.4) is 0 Å². The lowest BCUT2D eigenvalue weighted by Crippen LogP contribution is -2.00. The van der Waals surface area contributed by atoms with E-state index in [1.54, 1.807) is 6.07 Å². The van der Waals surface area contributed by atoms with Crippen molar-refractivity contribution in [2.24, 2.45) is 0 Å². The zero-order chi connectivity index (χ0) is 16.8. The second kappa shape index (κ2) is 13.1. The molecule has 0 aromatic heterocycles. The van der Waals surface area contributed by atoms with Crippen LogP contribution in [0.15, 0.2) is 23.1 Å². The van der Waals surface area contributed by atoms with Gasteiger partial charge in [-0.3, -0.25) is 0 Å². The van der Waals surface area contributed by atoms with E-state index < -0.39 is 0 Å². The van der Waals surface area contributed by atoms with E-state index in [1.807, 2.05) is 12.1 Å². The molecule has 0 atom stereocenters. The Morgan fingerprint density at radius 3 is 2.22 bits per heavy atom. The standard InChI is InChI=1S/C19H30N2OS/c1-2-3-4-5-6-7-8-9-10-11-14-22-19-15-17(23-16-20)12-13-18(19)21/h12-13,15H,2-11,14,21H2,1H3. The highest BCUT2D eigenvalue weighted by Crippen LogP contribution is 2.28. The maximum absolute atomic E-state index is 8.70. The van der Waals surface area contributed by atoms with Gasteiger partial charge < -0.3 is 10.5 Å². The van der Waals surface area contributed by atoms with Crippen molar-refractivity contribution < 1.29 is 4.74 Å². The average molecular weight is 335 g/mol. The van der Waals surface area contributed by atoms with Crippen LogP contribution >= 0.6 is 11.8 Å². The highest BCUT2D eigenvalue weighted by molar-refractivity contribution is 8.03. The molecule has 0 aliphatic carbocycles. The number of nitrogen functional groups attached to an aromatic ring is 1. The summed E-state index contributed by atoms with van der Waals surface area (Å²) in [7, 11) is 0. The number of nitriles is 1. The molecule has 23 heavy (non-hydrogen) atoms. The number of anilines is 1. The van der Waals surface area contributed by atoms with Gasteiger partial charge in [-0.15, -0.1) is 0 Å². The molecule has 2 N–H and O–H groups in total. The minimum absolute atomic E-state index is 0.638. The Morgan fingerprint density at radius 1 is 1.00 bits per heavy atom. The van der Waals surface area contributed by atoms with E-state index in [9.17, 15) is 0 Å². The molecular formula is C19H30N2OS. The second-order valence-corrected chi connectivity index (χ2v) is 6.78. The predicted octanol–water partition coefficient (Wildman–Crippen LogP) is 6.14. The number of ether oxygens (including phenoxy) is 1. The van der Waals surface area contributed by atoms with E-state index in [4.69, 9.17) is 15.7 Å². The van der Waals surface area contributed by atoms with E-state index >= 15 is 0 Å². The smallest absolute Gasteiger partial charge is 0.143 e. The molecule has 1 rings (SSSR count). The first-order valence-electron chi connectivity index (χ1n) is 8.86. The van der Waals surface area contributed by atoms with Gasteiger partial charge in [0.05, 0.1) is 12.3 Å². The molecule has 0 radical (unpaired) electrons. The van der Waals surface area contributed by atoms with E-state index in [-0.39, 0.29) is 0 Å². The van der Waals surface area contributed by atoms with Gasteiger partial charge in [0, 0.05) is 4.90 Å². The summed E-state index contributed by atoms with van der Waals surface area (Å²) in [6, 6.07) is 5.49. The number of thioether (sulfide) groups is 1. The molecule has 1 aromatic carbocycles. The number of nitrogens with zero attached hydrogens (tertiary/aromatic N) is 1. The van der Waals surface area contributed by atoms with Gasteiger partial charge in [0.1, 0.15) is 11.2 Å². The minimum atomic E-state index is 0.638. The number of rotatable bonds is 13. The van der Waals surface area contributed by atoms with E-state index in [0.29, 0.717) is 18.0 Å². The molecule has 0 heterocycles. The summed E-state index contributed by atoms with van der Waals surface area (Å²) in [5.74, 6) is 0.696. The van der Waals surface area contributed by atoms with Crippen molar-refractivity contribution in [1.82, 2.24) is 0 Å². The normalized spacial score (nSPS) is 10.4. The average Bonchev–Trinajstić information content (AvgIpc) is 2.55. The Bertz CT molecular complexity index is 471. The number of hydrogen-bond acceptors (Lipinski definition) is 4. The summed E-state index contributed by atoms with van der Waals surface area (Å²) in [6.07, 6.45) is 13.1. The van der Waals surface area contributed by atoms with Crippen LogP contribution < -0.4 is 10.5 Å². The molecule has 0 fully saturated rings. The lowest BCUT2D eigenvalue weighted by atomic mass is 10.1. The van der Waals surface area contributed by atoms with Gasteiger partial charge >= 0.3 is 0 Å². The third-order valence-electron chi connectivity index (χ3n) is 3.90. The first-order valence-corrected chi connectivity index (χ1v) is 9.67. The third kappa shape index (κ3) is 9.40. The van der Waals surface area contributed by atoms with Gasteiger partial charge in [0.2, 0.25) is 0 Å². The number of nitrogens with two attached hydrogens (primary N) is 1. The monoisotopic (exact) mass is 334 g/mol. The van der Waals surface area contributed by atoms with Crippen LogP contribution in [0.2, 0.25) is 0 Å². The van der Waals surface area contributed by atoms with Gasteiger partial charge in [0.25, 0.3) is 0 Å². The van der Waals surface area contributed by atoms with Crippen LogP contribution in [0.25, 0.3) is 0 Å². The number of hydrogen-bond donors (Lipinski definition) is 1. The van der Waals surface area contributed by atoms with Gasteiger partial charge in [0.15, 0.2) is 0 Å². The lowest BCUT2D eigenvalue weighted by Gasteiger charge is -2.09. The van der Waals surface area contributed by atoms with Crippen molar-refractivity contribution >= 4 is 17.4 Å². The molecule has 0 saturated heterocycles. The highest BCUT2D eigenvalue weighted by Gasteiger charge is 2.03. The molecule has 3 nitrogen and oxygen atoms in total. The fourth-order valence-corrected chi connectivity index (χ4v) is 2.93. The molecule has 128 valence electrons. The van der Waals surface area contributed by atoms with Crippen LogP contribution in [0.4, 0.5) is 5.69 Å². The highest BCUT2D eigenvalue weighted by atomic mass is 32.2. The Hall–Kier alpha value is -1.34. The summed E-state index contributed by atoms with van der Waals surface area (Å²) < 4.78 is 5.75. The van der Waals surface area contributed by atoms with E-state index in [2.05, 4.69) is 12.3 Å². The molecule has 0 spiro atoms. The van der Waals surface area contributed by atoms with Crippen molar-refractivity contribution in [2.75, 3.05) is 12.3 Å². The third-order valence-corrected chi connectivity index (χ3v) is 4.48. The Labute approximate surface area is 145 Å². The van der Waals surface area contributed by atoms with E-state index in [1.165, 1.54) is 57.8 Å². The fraction of sp³-hybridized carbons (Fsp3) is 0.632. The minimum Gasteiger partial charge on any atom is -0.491 e. The zero-order valence-electron chi connectivity index (χ0n) is 14.4. The first-order chi connectivity index (χ1) is 11.3. The molecule has 0 amide bonds. The maximum atomic E-state index is 8.70. The van der Waals surface area contributed by atoms with Crippen molar-refractivity contribution in [2.45, 2.75) is 76.0 Å². The first kappa shape index (κ1) is 19.7. The molecule has 0 saturated carbocycles. The van der Waals surface area contributed by atoms with Gasteiger partial charge in [-0.1, -0.05) is 64.7 Å². The van der Waals surface area contributed by atoms with Crippen LogP contribution in [0.1, 0.15) is 71.1 Å². The van der Waals surface area contributed by atoms with Crippen molar-refractivity contribution in [1.29, 1.82) is 5.26 Å². The summed E-state index contributed by atoms with van der Waals surface area (Å²) in [5.41, 5.74) is 6.54. The number of thiocyanates is 1. The molecule has 1 aromatic rings. The second-order valence-electron chi connectivity index (χ2n) is 5.92. The Balaban J connectivity index is 2.05. The molecule has 0 aliphatic rings. The molecule has 0 bridgehead atoms. The summed E-state index contributed by atoms with van der Waals surface area (Å²) in [6.45, 7) is 2.95. The largest absolute Gasteiger partial charge is 0.491 e. The quantitative estimate of drug-likeness (QED) is 0.204.